The fraction of sp³-hybridized carbons (Fsp3) is 0.429. The van der Waals surface area contributed by atoms with Crippen LogP contribution in [-0.4, -0.2) is 54.4 Å². The molecule has 1 fully saturated rings. The summed E-state index contributed by atoms with van der Waals surface area (Å²) in [5, 5.41) is 9.17. The molecule has 1 amide bonds. The number of hydroxylamine groups is 1. The first kappa shape index (κ1) is 15.3. The number of nitrogens with one attached hydrogen (secondary N) is 1. The fourth-order valence-corrected chi connectivity index (χ4v) is 1.96. The number of aliphatic carboxylic acids is 1. The molecule has 114 valence electrons. The van der Waals surface area contributed by atoms with Crippen molar-refractivity contribution in [3.8, 4) is 0 Å². The number of carboxylic acids is 1. The van der Waals surface area contributed by atoms with Gasteiger partial charge in [0, 0.05) is 19.5 Å². The molecule has 0 spiro atoms. The highest BCUT2D eigenvalue weighted by Gasteiger charge is 2.23. The molecule has 1 heterocycles. The van der Waals surface area contributed by atoms with Crippen LogP contribution >= 0.6 is 0 Å². The Morgan fingerprint density at radius 1 is 1.29 bits per heavy atom. The first-order chi connectivity index (χ1) is 10.2. The fourth-order valence-electron chi connectivity index (χ4n) is 1.96. The van der Waals surface area contributed by atoms with Crippen molar-refractivity contribution in [3.63, 3.8) is 0 Å². The highest BCUT2D eigenvalue weighted by molar-refractivity contribution is 5.74. The minimum absolute atomic E-state index is 0.229. The van der Waals surface area contributed by atoms with Gasteiger partial charge in [-0.25, -0.2) is 4.79 Å². The molecule has 1 saturated heterocycles. The smallest absolute Gasteiger partial charge is 0.428 e. The summed E-state index contributed by atoms with van der Waals surface area (Å²) < 4.78 is 5.13. The molecule has 1 atom stereocenters. The Hall–Kier alpha value is -2.12. The Morgan fingerprint density at radius 2 is 1.95 bits per heavy atom. The van der Waals surface area contributed by atoms with Crippen molar-refractivity contribution in [2.24, 2.45) is 0 Å². The average Bonchev–Trinajstić information content (AvgIpc) is 2.52. The first-order valence-corrected chi connectivity index (χ1v) is 6.72. The van der Waals surface area contributed by atoms with Gasteiger partial charge >= 0.3 is 12.1 Å². The maximum Gasteiger partial charge on any atom is 0.428 e. The van der Waals surface area contributed by atoms with Gasteiger partial charge in [0.15, 0.2) is 0 Å². The molecule has 7 nitrogen and oxygen atoms in total. The zero-order valence-corrected chi connectivity index (χ0v) is 11.5. The van der Waals surface area contributed by atoms with Gasteiger partial charge in [-0.15, -0.1) is 5.48 Å². The van der Waals surface area contributed by atoms with Gasteiger partial charge in [-0.1, -0.05) is 30.3 Å². The lowest BCUT2D eigenvalue weighted by Crippen LogP contribution is -2.46. The Morgan fingerprint density at radius 3 is 2.57 bits per heavy atom. The van der Waals surface area contributed by atoms with Crippen molar-refractivity contribution in [2.45, 2.75) is 12.5 Å². The van der Waals surface area contributed by atoms with Crippen molar-refractivity contribution in [1.29, 1.82) is 0 Å². The van der Waals surface area contributed by atoms with Gasteiger partial charge in [-0.2, -0.15) is 0 Å². The molecule has 1 aliphatic heterocycles. The van der Waals surface area contributed by atoms with Crippen LogP contribution in [-0.2, 0) is 20.8 Å². The number of hydrogen-bond donors (Lipinski definition) is 2. The number of ether oxygens (including phenoxy) is 1. The van der Waals surface area contributed by atoms with Gasteiger partial charge in [0.1, 0.15) is 6.04 Å². The van der Waals surface area contributed by atoms with Crippen molar-refractivity contribution < 1.29 is 24.3 Å². The van der Waals surface area contributed by atoms with E-state index in [2.05, 4.69) is 5.48 Å². The van der Waals surface area contributed by atoms with E-state index in [0.29, 0.717) is 26.3 Å². The third-order valence-corrected chi connectivity index (χ3v) is 3.14. The molecule has 0 bridgehead atoms. The molecule has 7 heteroatoms. The van der Waals surface area contributed by atoms with Crippen molar-refractivity contribution in [2.75, 3.05) is 26.3 Å². The largest absolute Gasteiger partial charge is 0.480 e. The first-order valence-electron chi connectivity index (χ1n) is 6.72. The Labute approximate surface area is 122 Å². The summed E-state index contributed by atoms with van der Waals surface area (Å²) in [4.78, 5) is 29.3. The highest BCUT2D eigenvalue weighted by Crippen LogP contribution is 2.05. The quantitative estimate of drug-likeness (QED) is 0.776. The summed E-state index contributed by atoms with van der Waals surface area (Å²) in [6, 6.07) is 8.16. The predicted molar refractivity (Wildman–Crippen MR) is 73.6 cm³/mol. The normalized spacial score (nSPS) is 16.3. The van der Waals surface area contributed by atoms with Crippen LogP contribution in [0.15, 0.2) is 30.3 Å². The van der Waals surface area contributed by atoms with Crippen LogP contribution in [0, 0.1) is 0 Å². The maximum absolute atomic E-state index is 11.8. The van der Waals surface area contributed by atoms with Gasteiger partial charge in [-0.3, -0.25) is 4.79 Å². The number of carboxylic acid groups (broad SMARTS) is 1. The van der Waals surface area contributed by atoms with Gasteiger partial charge in [0.2, 0.25) is 0 Å². The van der Waals surface area contributed by atoms with Gasteiger partial charge in [-0.05, 0) is 5.56 Å². The number of amides is 1. The molecule has 0 radical (unpaired) electrons. The SMILES string of the molecule is O=C(O)[C@H](Cc1ccccc1)NOC(=O)N1CCOCC1. The monoisotopic (exact) mass is 294 g/mol. The van der Waals surface area contributed by atoms with Crippen LogP contribution in [0.3, 0.4) is 0 Å². The lowest BCUT2D eigenvalue weighted by atomic mass is 10.1. The third kappa shape index (κ3) is 4.73. The zero-order valence-electron chi connectivity index (χ0n) is 11.5. The predicted octanol–water partition coefficient (Wildman–Crippen LogP) is 0.656. The van der Waals surface area contributed by atoms with Crippen LogP contribution < -0.4 is 5.48 Å². The Balaban J connectivity index is 1.85. The number of rotatable bonds is 5. The number of carbonyl (C=O) groups is 2. The van der Waals surface area contributed by atoms with Gasteiger partial charge in [0.25, 0.3) is 0 Å². The van der Waals surface area contributed by atoms with E-state index in [1.54, 1.807) is 0 Å². The molecular weight excluding hydrogens is 276 g/mol. The maximum atomic E-state index is 11.8. The molecule has 2 N–H and O–H groups in total. The van der Waals surface area contributed by atoms with E-state index in [0.717, 1.165) is 5.56 Å². The second-order valence-electron chi connectivity index (χ2n) is 4.67. The molecule has 0 aromatic heterocycles. The summed E-state index contributed by atoms with van der Waals surface area (Å²) in [5.41, 5.74) is 3.18. The number of morpholine rings is 1. The lowest BCUT2D eigenvalue weighted by Gasteiger charge is -2.26. The summed E-state index contributed by atoms with van der Waals surface area (Å²) in [6.07, 6.45) is -0.357. The van der Waals surface area contributed by atoms with Crippen LogP contribution in [0.25, 0.3) is 0 Å². The van der Waals surface area contributed by atoms with Crippen LogP contribution in [0.1, 0.15) is 5.56 Å². The zero-order chi connectivity index (χ0) is 15.1. The minimum Gasteiger partial charge on any atom is -0.480 e. The number of benzene rings is 1. The Bertz CT molecular complexity index is 474. The minimum atomic E-state index is -1.08. The van der Waals surface area contributed by atoms with Gasteiger partial charge in [0.05, 0.1) is 13.2 Å². The van der Waals surface area contributed by atoms with Crippen LogP contribution in [0.5, 0.6) is 0 Å². The summed E-state index contributed by atoms with van der Waals surface area (Å²) in [7, 11) is 0. The van der Waals surface area contributed by atoms with Crippen LogP contribution in [0.2, 0.25) is 0 Å². The molecule has 0 unspecified atom stereocenters. The number of hydrogen-bond acceptors (Lipinski definition) is 5. The van der Waals surface area contributed by atoms with E-state index < -0.39 is 18.1 Å². The molecule has 1 aromatic carbocycles. The molecule has 1 aliphatic rings. The van der Waals surface area contributed by atoms with Gasteiger partial charge < -0.3 is 19.6 Å². The molecule has 0 aliphatic carbocycles. The van der Waals surface area contributed by atoms with Crippen molar-refractivity contribution in [1.82, 2.24) is 10.4 Å². The lowest BCUT2D eigenvalue weighted by molar-refractivity contribution is -0.142. The third-order valence-electron chi connectivity index (χ3n) is 3.14. The second-order valence-corrected chi connectivity index (χ2v) is 4.67. The topological polar surface area (TPSA) is 88.1 Å². The second kappa shape index (κ2) is 7.61. The van der Waals surface area contributed by atoms with E-state index >= 15 is 0 Å². The molecule has 1 aromatic rings. The van der Waals surface area contributed by atoms with Crippen LogP contribution in [0.4, 0.5) is 4.79 Å². The Kier molecular flexibility index (Phi) is 5.53. The van der Waals surface area contributed by atoms with E-state index in [-0.39, 0.29) is 6.42 Å². The molecule has 2 rings (SSSR count). The van der Waals surface area contributed by atoms with E-state index in [1.165, 1.54) is 4.90 Å². The van der Waals surface area contributed by atoms with E-state index in [4.69, 9.17) is 9.57 Å². The summed E-state index contributed by atoms with van der Waals surface area (Å²) in [6.45, 7) is 1.80. The van der Waals surface area contributed by atoms with E-state index in [1.807, 2.05) is 30.3 Å². The molecule has 0 saturated carbocycles. The standard InChI is InChI=1S/C14H18N2O5/c17-13(18)12(10-11-4-2-1-3-5-11)15-21-14(19)16-6-8-20-9-7-16/h1-5,12,15H,6-10H2,(H,17,18)/t12-/m0/s1. The number of carbonyl (C=O) groups excluding carboxylic acids is 1. The molecular formula is C14H18N2O5. The van der Waals surface area contributed by atoms with E-state index in [9.17, 15) is 14.7 Å². The van der Waals surface area contributed by atoms with Crippen molar-refractivity contribution in [3.05, 3.63) is 35.9 Å². The summed E-state index contributed by atoms with van der Waals surface area (Å²) >= 11 is 0. The van der Waals surface area contributed by atoms with Crippen molar-refractivity contribution >= 4 is 12.1 Å². The molecule has 21 heavy (non-hydrogen) atoms. The number of nitrogens with zero attached hydrogens (tertiary/aromatic N) is 1. The summed E-state index contributed by atoms with van der Waals surface area (Å²) in [5.74, 6) is -1.08. The highest BCUT2D eigenvalue weighted by atomic mass is 16.7. The average molecular weight is 294 g/mol.